The number of rotatable bonds is 7. The molecule has 1 heterocycles. The topological polar surface area (TPSA) is 135 Å². The molecule has 1 aromatic rings. The highest BCUT2D eigenvalue weighted by Crippen LogP contribution is 2.18. The van der Waals surface area contributed by atoms with E-state index in [4.69, 9.17) is 9.52 Å². The van der Waals surface area contributed by atoms with Crippen LogP contribution < -0.4 is 10.0 Å². The quantitative estimate of drug-likeness (QED) is 0.606. The summed E-state index contributed by atoms with van der Waals surface area (Å²) in [5.41, 5.74) is 0.00377. The molecule has 1 amide bonds. The normalized spacial score (nSPS) is 12.9. The maximum absolute atomic E-state index is 11.9. The molecule has 0 fully saturated rings. The predicted octanol–water partition coefficient (Wildman–Crippen LogP) is -0.674. The first-order valence-corrected chi connectivity index (χ1v) is 7.29. The van der Waals surface area contributed by atoms with Gasteiger partial charge in [0.05, 0.1) is 12.1 Å². The van der Waals surface area contributed by atoms with Crippen LogP contribution in [0.15, 0.2) is 15.6 Å². The van der Waals surface area contributed by atoms with E-state index in [-0.39, 0.29) is 17.9 Å². The summed E-state index contributed by atoms with van der Waals surface area (Å²) in [5, 5.41) is 10.7. The summed E-state index contributed by atoms with van der Waals surface area (Å²) in [5.74, 6) is -1.78. The van der Waals surface area contributed by atoms with Gasteiger partial charge in [-0.2, -0.15) is 0 Å². The third-order valence-corrected chi connectivity index (χ3v) is 3.95. The minimum atomic E-state index is -3.80. The molecule has 118 valence electrons. The molecular formula is C11H16N2O7S. The van der Waals surface area contributed by atoms with Crippen LogP contribution in [0.25, 0.3) is 0 Å². The number of amides is 1. The third-order valence-electron chi connectivity index (χ3n) is 2.68. The van der Waals surface area contributed by atoms with E-state index < -0.39 is 33.1 Å². The highest BCUT2D eigenvalue weighted by molar-refractivity contribution is 7.89. The lowest BCUT2D eigenvalue weighted by Crippen LogP contribution is -2.37. The maximum atomic E-state index is 11.9. The smallest absolute Gasteiger partial charge is 0.334 e. The summed E-state index contributed by atoms with van der Waals surface area (Å²) >= 11 is 0. The molecule has 1 aromatic heterocycles. The van der Waals surface area contributed by atoms with Crippen molar-refractivity contribution in [1.82, 2.24) is 10.0 Å². The molecule has 21 heavy (non-hydrogen) atoms. The van der Waals surface area contributed by atoms with Gasteiger partial charge in [0, 0.05) is 13.2 Å². The average molecular weight is 320 g/mol. The first-order valence-electron chi connectivity index (χ1n) is 5.80. The molecular weight excluding hydrogens is 304 g/mol. The summed E-state index contributed by atoms with van der Waals surface area (Å²) in [6, 6.07) is 1.07. The standard InChI is InChI=1S/C11H16N2O7S/c1-6-7(4-9(20-6)21(17,18)12-2)10(14)13-5-8(19-3)11(15)16/h4,8,12H,5H2,1-3H3,(H,13,14)(H,15,16). The zero-order valence-electron chi connectivity index (χ0n) is 11.7. The molecule has 10 heteroatoms. The van der Waals surface area contributed by atoms with Crippen molar-refractivity contribution in [3.05, 3.63) is 17.4 Å². The van der Waals surface area contributed by atoms with Crippen molar-refractivity contribution in [3.63, 3.8) is 0 Å². The molecule has 1 atom stereocenters. The summed E-state index contributed by atoms with van der Waals surface area (Å²) < 4.78 is 34.8. The molecule has 0 aliphatic heterocycles. The molecule has 1 rings (SSSR count). The van der Waals surface area contributed by atoms with E-state index in [1.54, 1.807) is 0 Å². The molecule has 1 unspecified atom stereocenters. The van der Waals surface area contributed by atoms with Crippen molar-refractivity contribution in [3.8, 4) is 0 Å². The second-order valence-corrected chi connectivity index (χ2v) is 5.83. The molecule has 0 radical (unpaired) electrons. The minimum Gasteiger partial charge on any atom is -0.479 e. The van der Waals surface area contributed by atoms with Gasteiger partial charge >= 0.3 is 5.97 Å². The van der Waals surface area contributed by atoms with Crippen LogP contribution in [0, 0.1) is 6.92 Å². The number of carboxylic acids is 1. The Kier molecular flexibility index (Phi) is 5.47. The number of hydrogen-bond acceptors (Lipinski definition) is 6. The Morgan fingerprint density at radius 2 is 2.10 bits per heavy atom. The Labute approximate surface area is 121 Å². The predicted molar refractivity (Wildman–Crippen MR) is 70.5 cm³/mol. The van der Waals surface area contributed by atoms with E-state index in [1.165, 1.54) is 21.1 Å². The maximum Gasteiger partial charge on any atom is 0.334 e. The first kappa shape index (κ1) is 17.1. The fraction of sp³-hybridized carbons (Fsp3) is 0.455. The van der Waals surface area contributed by atoms with Gasteiger partial charge in [-0.3, -0.25) is 4.79 Å². The number of aryl methyl sites for hydroxylation is 1. The van der Waals surface area contributed by atoms with Crippen molar-refractivity contribution < 1.29 is 32.3 Å². The number of hydrogen-bond donors (Lipinski definition) is 3. The zero-order valence-corrected chi connectivity index (χ0v) is 12.5. The number of carboxylic acid groups (broad SMARTS) is 1. The number of carbonyl (C=O) groups excluding carboxylic acids is 1. The van der Waals surface area contributed by atoms with Crippen LogP contribution in [-0.2, 0) is 19.6 Å². The van der Waals surface area contributed by atoms with Gasteiger partial charge in [-0.25, -0.2) is 17.9 Å². The lowest BCUT2D eigenvalue weighted by Gasteiger charge is -2.10. The van der Waals surface area contributed by atoms with Crippen molar-refractivity contribution >= 4 is 21.9 Å². The van der Waals surface area contributed by atoms with Crippen LogP contribution >= 0.6 is 0 Å². The molecule has 9 nitrogen and oxygen atoms in total. The van der Waals surface area contributed by atoms with E-state index in [9.17, 15) is 18.0 Å². The molecule has 0 aromatic carbocycles. The summed E-state index contributed by atoms with van der Waals surface area (Å²) in [4.78, 5) is 22.6. The first-order chi connectivity index (χ1) is 9.72. The molecule has 0 aliphatic rings. The Bertz CT molecular complexity index is 635. The van der Waals surface area contributed by atoms with Crippen molar-refractivity contribution in [1.29, 1.82) is 0 Å². The lowest BCUT2D eigenvalue weighted by molar-refractivity contribution is -0.148. The van der Waals surface area contributed by atoms with E-state index >= 15 is 0 Å². The fourth-order valence-electron chi connectivity index (χ4n) is 1.47. The summed E-state index contributed by atoms with van der Waals surface area (Å²) in [6.45, 7) is 1.16. The number of carbonyl (C=O) groups is 2. The highest BCUT2D eigenvalue weighted by atomic mass is 32.2. The monoisotopic (exact) mass is 320 g/mol. The summed E-state index contributed by atoms with van der Waals surface area (Å²) in [7, 11) is -1.39. The molecule has 0 aliphatic carbocycles. The Balaban J connectivity index is 2.87. The molecule has 0 saturated heterocycles. The van der Waals surface area contributed by atoms with Crippen molar-refractivity contribution in [2.75, 3.05) is 20.7 Å². The van der Waals surface area contributed by atoms with Gasteiger partial charge in [0.15, 0.2) is 6.10 Å². The van der Waals surface area contributed by atoms with Gasteiger partial charge in [-0.1, -0.05) is 0 Å². The van der Waals surface area contributed by atoms with E-state index in [0.717, 1.165) is 6.07 Å². The van der Waals surface area contributed by atoms with Crippen LogP contribution in [0.3, 0.4) is 0 Å². The molecule has 0 saturated carbocycles. The van der Waals surface area contributed by atoms with Gasteiger partial charge in [-0.15, -0.1) is 0 Å². The third kappa shape index (κ3) is 4.03. The summed E-state index contributed by atoms with van der Waals surface area (Å²) in [6.07, 6.45) is -1.19. The van der Waals surface area contributed by atoms with Crippen molar-refractivity contribution in [2.24, 2.45) is 0 Å². The van der Waals surface area contributed by atoms with Crippen LogP contribution in [0.1, 0.15) is 16.1 Å². The number of methoxy groups -OCH3 is 1. The minimum absolute atomic E-state index is 0.00377. The number of sulfonamides is 1. The van der Waals surface area contributed by atoms with Gasteiger partial charge < -0.3 is 19.6 Å². The Hall–Kier alpha value is -1.91. The van der Waals surface area contributed by atoms with Crippen LogP contribution in [0.5, 0.6) is 0 Å². The zero-order chi connectivity index (χ0) is 16.2. The largest absolute Gasteiger partial charge is 0.479 e. The Morgan fingerprint density at radius 3 is 2.57 bits per heavy atom. The second kappa shape index (κ2) is 6.70. The van der Waals surface area contributed by atoms with E-state index in [2.05, 4.69) is 14.8 Å². The van der Waals surface area contributed by atoms with Gasteiger partial charge in [-0.05, 0) is 14.0 Å². The lowest BCUT2D eigenvalue weighted by atomic mass is 10.2. The molecule has 0 bridgehead atoms. The van der Waals surface area contributed by atoms with Crippen LogP contribution in [-0.4, -0.2) is 52.2 Å². The fourth-order valence-corrected chi connectivity index (χ4v) is 2.17. The highest BCUT2D eigenvalue weighted by Gasteiger charge is 2.24. The Morgan fingerprint density at radius 1 is 1.48 bits per heavy atom. The van der Waals surface area contributed by atoms with E-state index in [0.29, 0.717) is 0 Å². The van der Waals surface area contributed by atoms with E-state index in [1.807, 2.05) is 0 Å². The average Bonchev–Trinajstić information content (AvgIpc) is 2.81. The van der Waals surface area contributed by atoms with Crippen LogP contribution in [0.4, 0.5) is 0 Å². The molecule has 0 spiro atoms. The van der Waals surface area contributed by atoms with Crippen molar-refractivity contribution in [2.45, 2.75) is 18.1 Å². The number of ether oxygens (including phenoxy) is 1. The van der Waals surface area contributed by atoms with Gasteiger partial charge in [0.25, 0.3) is 15.9 Å². The number of furan rings is 1. The second-order valence-electron chi connectivity index (χ2n) is 4.02. The SMILES string of the molecule is CNS(=O)(=O)c1cc(C(=O)NCC(OC)C(=O)O)c(C)o1. The molecule has 3 N–H and O–H groups in total. The van der Waals surface area contributed by atoms with Gasteiger partial charge in [0.2, 0.25) is 5.09 Å². The van der Waals surface area contributed by atoms with Crippen LogP contribution in [0.2, 0.25) is 0 Å². The number of nitrogens with one attached hydrogen (secondary N) is 2. The number of aliphatic carboxylic acids is 1. The van der Waals surface area contributed by atoms with Gasteiger partial charge in [0.1, 0.15) is 5.76 Å².